The van der Waals surface area contributed by atoms with E-state index in [1.165, 1.54) is 66.1 Å². The molecule has 0 amide bonds. The van der Waals surface area contributed by atoms with Crippen molar-refractivity contribution in [2.24, 2.45) is 0 Å². The van der Waals surface area contributed by atoms with Crippen molar-refractivity contribution < 1.29 is 0 Å². The van der Waals surface area contributed by atoms with Gasteiger partial charge >= 0.3 is 0 Å². The zero-order chi connectivity index (χ0) is 38.0. The van der Waals surface area contributed by atoms with E-state index in [4.69, 9.17) is 0 Å². The van der Waals surface area contributed by atoms with E-state index < -0.39 is 0 Å². The zero-order valence-electron chi connectivity index (χ0n) is 31.5. The Kier molecular flexibility index (Phi) is 8.95. The highest BCUT2D eigenvalue weighted by atomic mass is 15.1. The maximum Gasteiger partial charge on any atom is 0.0624 e. The Balaban J connectivity index is 1.34. The van der Waals surface area contributed by atoms with Crippen LogP contribution in [0.1, 0.15) is 0 Å². The van der Waals surface area contributed by atoms with Gasteiger partial charge in [0, 0.05) is 22.3 Å². The van der Waals surface area contributed by atoms with E-state index in [0.717, 1.165) is 28.2 Å². The van der Waals surface area contributed by atoms with E-state index in [0.29, 0.717) is 0 Å². The third-order valence-electron chi connectivity index (χ3n) is 11.0. The Morgan fingerprint density at radius 2 is 0.561 bits per heavy atom. The van der Waals surface area contributed by atoms with Gasteiger partial charge in [0.1, 0.15) is 0 Å². The van der Waals surface area contributed by atoms with E-state index >= 15 is 0 Å². The molecule has 0 spiro atoms. The summed E-state index contributed by atoms with van der Waals surface area (Å²) in [4.78, 5) is 2.52. The lowest BCUT2D eigenvalue weighted by Crippen LogP contribution is -2.13. The fourth-order valence-corrected chi connectivity index (χ4v) is 8.33. The predicted octanol–water partition coefficient (Wildman–Crippen LogP) is 15.8. The second-order valence-corrected chi connectivity index (χ2v) is 14.5. The first-order valence-corrected chi connectivity index (χ1v) is 19.6. The second kappa shape index (κ2) is 15.0. The van der Waals surface area contributed by atoms with Crippen molar-refractivity contribution in [2.45, 2.75) is 0 Å². The molecular formula is C56H39N. The molecule has 0 saturated carbocycles. The summed E-state index contributed by atoms with van der Waals surface area (Å²) in [6.07, 6.45) is 0. The average Bonchev–Trinajstić information content (AvgIpc) is 3.30. The van der Waals surface area contributed by atoms with Crippen molar-refractivity contribution in [2.75, 3.05) is 4.90 Å². The Morgan fingerprint density at radius 3 is 1.11 bits per heavy atom. The molecule has 10 rings (SSSR count). The van der Waals surface area contributed by atoms with Gasteiger partial charge in [0.25, 0.3) is 0 Å². The van der Waals surface area contributed by atoms with Gasteiger partial charge in [0.05, 0.1) is 5.69 Å². The minimum absolute atomic E-state index is 1.08. The number of fused-ring (bicyclic) bond motifs is 3. The van der Waals surface area contributed by atoms with Crippen LogP contribution in [0.3, 0.4) is 0 Å². The summed E-state index contributed by atoms with van der Waals surface area (Å²) in [7, 11) is 0. The van der Waals surface area contributed by atoms with Gasteiger partial charge in [0.2, 0.25) is 0 Å². The van der Waals surface area contributed by atoms with E-state index in [9.17, 15) is 0 Å². The summed E-state index contributed by atoms with van der Waals surface area (Å²) < 4.78 is 0. The molecule has 0 radical (unpaired) electrons. The number of benzene rings is 10. The molecule has 1 nitrogen and oxygen atoms in total. The Morgan fingerprint density at radius 1 is 0.211 bits per heavy atom. The van der Waals surface area contributed by atoms with Crippen LogP contribution in [0, 0.1) is 0 Å². The van der Waals surface area contributed by atoms with Crippen molar-refractivity contribution in [3.05, 3.63) is 237 Å². The number of rotatable bonds is 8. The Labute approximate surface area is 334 Å². The van der Waals surface area contributed by atoms with Crippen LogP contribution in [-0.2, 0) is 0 Å². The molecule has 1 heteroatoms. The van der Waals surface area contributed by atoms with Crippen molar-refractivity contribution in [3.8, 4) is 55.6 Å². The highest BCUT2D eigenvalue weighted by Crippen LogP contribution is 2.51. The maximum atomic E-state index is 2.52. The van der Waals surface area contributed by atoms with Crippen LogP contribution in [0.5, 0.6) is 0 Å². The van der Waals surface area contributed by atoms with Gasteiger partial charge in [-0.05, 0) is 103 Å². The molecule has 0 heterocycles. The fraction of sp³-hybridized carbons (Fsp3) is 0. The highest BCUT2D eigenvalue weighted by molar-refractivity contribution is 6.22. The largest absolute Gasteiger partial charge is 0.309 e. The third-order valence-corrected chi connectivity index (χ3v) is 11.0. The van der Waals surface area contributed by atoms with Crippen LogP contribution >= 0.6 is 0 Å². The van der Waals surface area contributed by atoms with E-state index in [1.54, 1.807) is 0 Å². The molecule has 0 fully saturated rings. The monoisotopic (exact) mass is 725 g/mol. The molecule has 57 heavy (non-hydrogen) atoms. The molecule has 0 N–H and O–H groups in total. The molecule has 10 aromatic rings. The van der Waals surface area contributed by atoms with Crippen LogP contribution < -0.4 is 4.90 Å². The fourth-order valence-electron chi connectivity index (χ4n) is 8.33. The van der Waals surface area contributed by atoms with E-state index in [2.05, 4.69) is 241 Å². The summed E-state index contributed by atoms with van der Waals surface area (Å²) in [5.74, 6) is 0. The normalized spacial score (nSPS) is 11.2. The quantitative estimate of drug-likeness (QED) is 0.141. The minimum atomic E-state index is 1.08. The summed E-state index contributed by atoms with van der Waals surface area (Å²) in [6.45, 7) is 0. The molecule has 0 unspecified atom stereocenters. The molecular weight excluding hydrogens is 687 g/mol. The van der Waals surface area contributed by atoms with Gasteiger partial charge in [-0.1, -0.05) is 200 Å². The molecule has 0 saturated heterocycles. The van der Waals surface area contributed by atoms with Gasteiger partial charge in [-0.2, -0.15) is 0 Å². The van der Waals surface area contributed by atoms with Crippen molar-refractivity contribution in [3.63, 3.8) is 0 Å². The van der Waals surface area contributed by atoms with Gasteiger partial charge in [0.15, 0.2) is 0 Å². The molecule has 268 valence electrons. The van der Waals surface area contributed by atoms with Gasteiger partial charge in [-0.15, -0.1) is 0 Å². The first kappa shape index (κ1) is 34.0. The number of hydrogen-bond acceptors (Lipinski definition) is 1. The van der Waals surface area contributed by atoms with Gasteiger partial charge < -0.3 is 4.90 Å². The lowest BCUT2D eigenvalue weighted by Gasteiger charge is -2.32. The molecule has 0 aromatic heterocycles. The van der Waals surface area contributed by atoms with Crippen LogP contribution in [-0.4, -0.2) is 0 Å². The molecule has 10 aromatic carbocycles. The summed E-state index contributed by atoms with van der Waals surface area (Å²) >= 11 is 0. The SMILES string of the molecule is c1ccc(-c2cccc(-c3c(N(c4cccc(-c5ccccc5)c4)c4cc(-c5ccccc5)cc(-c5ccccc5)c4)c4ccccc4c4ccccc34)c2)cc1. The lowest BCUT2D eigenvalue weighted by atomic mass is 9.88. The molecule has 0 aliphatic heterocycles. The molecule has 0 atom stereocenters. The van der Waals surface area contributed by atoms with E-state index in [-0.39, 0.29) is 0 Å². The van der Waals surface area contributed by atoms with E-state index in [1.807, 2.05) is 0 Å². The first-order valence-electron chi connectivity index (χ1n) is 19.6. The maximum absolute atomic E-state index is 2.52. The topological polar surface area (TPSA) is 3.24 Å². The number of hydrogen-bond donors (Lipinski definition) is 0. The Bertz CT molecular complexity index is 2930. The standard InChI is InChI=1S/C56H39N/c1-5-19-40(20-6-1)44-27-17-29-46(35-44)55-53-33-15-13-31-51(53)52-32-14-16-34-54(52)56(55)57(49-30-18-28-45(37-49)41-21-7-2-8-22-41)50-38-47(42-23-9-3-10-24-42)36-48(39-50)43-25-11-4-12-26-43/h1-39H. The molecule has 0 aliphatic carbocycles. The lowest BCUT2D eigenvalue weighted by molar-refractivity contribution is 1.30. The van der Waals surface area contributed by atoms with Crippen LogP contribution in [0.4, 0.5) is 17.1 Å². The number of nitrogens with zero attached hydrogens (tertiary/aromatic N) is 1. The van der Waals surface area contributed by atoms with Crippen molar-refractivity contribution in [1.29, 1.82) is 0 Å². The average molecular weight is 726 g/mol. The summed E-state index contributed by atoms with van der Waals surface area (Å²) in [6, 6.07) is 85.9. The molecule has 0 aliphatic rings. The van der Waals surface area contributed by atoms with Crippen LogP contribution in [0.2, 0.25) is 0 Å². The van der Waals surface area contributed by atoms with Gasteiger partial charge in [-0.3, -0.25) is 0 Å². The first-order chi connectivity index (χ1) is 28.3. The third kappa shape index (κ3) is 6.56. The smallest absolute Gasteiger partial charge is 0.0624 e. The van der Waals surface area contributed by atoms with Crippen molar-refractivity contribution >= 4 is 38.6 Å². The zero-order valence-corrected chi connectivity index (χ0v) is 31.5. The number of anilines is 3. The Hall–Kier alpha value is -7.48. The van der Waals surface area contributed by atoms with Gasteiger partial charge in [-0.25, -0.2) is 0 Å². The summed E-state index contributed by atoms with van der Waals surface area (Å²) in [5, 5.41) is 4.85. The van der Waals surface area contributed by atoms with Crippen molar-refractivity contribution in [1.82, 2.24) is 0 Å². The second-order valence-electron chi connectivity index (χ2n) is 14.5. The molecule has 0 bridgehead atoms. The predicted molar refractivity (Wildman–Crippen MR) is 243 cm³/mol. The highest BCUT2D eigenvalue weighted by Gasteiger charge is 2.25. The van der Waals surface area contributed by atoms with Crippen LogP contribution in [0.25, 0.3) is 77.2 Å². The minimum Gasteiger partial charge on any atom is -0.309 e. The van der Waals surface area contributed by atoms with Crippen LogP contribution in [0.15, 0.2) is 237 Å². The summed E-state index contributed by atoms with van der Waals surface area (Å²) in [5.41, 5.74) is 15.1.